The van der Waals surface area contributed by atoms with Gasteiger partial charge in [-0.2, -0.15) is 13.2 Å². The standard InChI is InChI=1S/C11H11F3N4/c12-11(13,14)8-2-4-16-10(7-8)18-6-5-17-9(18)1-3-15/h2,4-7H,1,3,15H2. The molecule has 0 aliphatic carbocycles. The van der Waals surface area contributed by atoms with Crippen molar-refractivity contribution in [3.63, 3.8) is 0 Å². The van der Waals surface area contributed by atoms with Crippen LogP contribution in [0.1, 0.15) is 11.4 Å². The zero-order valence-corrected chi connectivity index (χ0v) is 9.35. The lowest BCUT2D eigenvalue weighted by atomic mass is 10.2. The summed E-state index contributed by atoms with van der Waals surface area (Å²) < 4.78 is 39.3. The van der Waals surface area contributed by atoms with E-state index in [1.807, 2.05) is 0 Å². The molecule has 0 amide bonds. The number of hydrogen-bond donors (Lipinski definition) is 1. The number of alkyl halides is 3. The highest BCUT2D eigenvalue weighted by atomic mass is 19.4. The Labute approximate surface area is 101 Å². The first-order valence-corrected chi connectivity index (χ1v) is 5.28. The largest absolute Gasteiger partial charge is 0.416 e. The van der Waals surface area contributed by atoms with Gasteiger partial charge in [0.25, 0.3) is 0 Å². The van der Waals surface area contributed by atoms with Gasteiger partial charge in [-0.25, -0.2) is 9.97 Å². The number of halogens is 3. The van der Waals surface area contributed by atoms with E-state index in [2.05, 4.69) is 9.97 Å². The van der Waals surface area contributed by atoms with Gasteiger partial charge < -0.3 is 5.73 Å². The van der Waals surface area contributed by atoms with Crippen molar-refractivity contribution in [1.82, 2.24) is 14.5 Å². The highest BCUT2D eigenvalue weighted by Gasteiger charge is 2.30. The van der Waals surface area contributed by atoms with Gasteiger partial charge in [0.15, 0.2) is 0 Å². The Bertz CT molecular complexity index is 533. The third kappa shape index (κ3) is 2.51. The van der Waals surface area contributed by atoms with Crippen molar-refractivity contribution < 1.29 is 13.2 Å². The van der Waals surface area contributed by atoms with E-state index < -0.39 is 11.7 Å². The zero-order chi connectivity index (χ0) is 13.2. The van der Waals surface area contributed by atoms with E-state index in [1.165, 1.54) is 10.8 Å². The molecule has 0 radical (unpaired) electrons. The van der Waals surface area contributed by atoms with Crippen molar-refractivity contribution in [3.05, 3.63) is 42.1 Å². The summed E-state index contributed by atoms with van der Waals surface area (Å²) in [5.74, 6) is 0.773. The van der Waals surface area contributed by atoms with Crippen molar-refractivity contribution in [2.45, 2.75) is 12.6 Å². The lowest BCUT2D eigenvalue weighted by molar-refractivity contribution is -0.137. The molecule has 18 heavy (non-hydrogen) atoms. The molecule has 2 heterocycles. The highest BCUT2D eigenvalue weighted by molar-refractivity contribution is 5.31. The minimum absolute atomic E-state index is 0.186. The third-order valence-corrected chi connectivity index (χ3v) is 2.40. The van der Waals surface area contributed by atoms with Gasteiger partial charge in [0.1, 0.15) is 11.6 Å². The monoisotopic (exact) mass is 256 g/mol. The van der Waals surface area contributed by atoms with E-state index in [0.717, 1.165) is 18.3 Å². The SMILES string of the molecule is NCCc1nccn1-c1cc(C(F)(F)F)ccn1. The molecule has 0 aromatic carbocycles. The van der Waals surface area contributed by atoms with Gasteiger partial charge >= 0.3 is 6.18 Å². The van der Waals surface area contributed by atoms with E-state index in [1.54, 1.807) is 6.20 Å². The summed E-state index contributed by atoms with van der Waals surface area (Å²) in [5.41, 5.74) is 4.68. The van der Waals surface area contributed by atoms with Crippen LogP contribution < -0.4 is 5.73 Å². The fourth-order valence-corrected chi connectivity index (χ4v) is 1.58. The number of pyridine rings is 1. The summed E-state index contributed by atoms with van der Waals surface area (Å²) in [4.78, 5) is 7.96. The lowest BCUT2D eigenvalue weighted by Crippen LogP contribution is -2.11. The molecule has 0 saturated carbocycles. The van der Waals surface area contributed by atoms with Gasteiger partial charge in [-0.1, -0.05) is 0 Å². The molecule has 7 heteroatoms. The van der Waals surface area contributed by atoms with E-state index in [9.17, 15) is 13.2 Å². The van der Waals surface area contributed by atoms with Crippen LogP contribution in [-0.4, -0.2) is 21.1 Å². The Morgan fingerprint density at radius 1 is 1.22 bits per heavy atom. The molecule has 2 aromatic heterocycles. The second-order valence-electron chi connectivity index (χ2n) is 3.65. The van der Waals surface area contributed by atoms with Crippen LogP contribution >= 0.6 is 0 Å². The first-order valence-electron chi connectivity index (χ1n) is 5.28. The van der Waals surface area contributed by atoms with Crippen molar-refractivity contribution in [1.29, 1.82) is 0 Å². The van der Waals surface area contributed by atoms with Gasteiger partial charge in [0.2, 0.25) is 0 Å². The molecule has 0 fully saturated rings. The Kier molecular flexibility index (Phi) is 3.33. The minimum Gasteiger partial charge on any atom is -0.330 e. The third-order valence-electron chi connectivity index (χ3n) is 2.40. The molecule has 4 nitrogen and oxygen atoms in total. The van der Waals surface area contributed by atoms with Crippen LogP contribution in [0.25, 0.3) is 5.82 Å². The molecule has 2 aromatic rings. The van der Waals surface area contributed by atoms with Crippen LogP contribution in [0, 0.1) is 0 Å². The Morgan fingerprint density at radius 2 is 2.00 bits per heavy atom. The molecule has 0 atom stereocenters. The van der Waals surface area contributed by atoms with E-state index in [0.29, 0.717) is 18.8 Å². The lowest BCUT2D eigenvalue weighted by Gasteiger charge is -2.10. The van der Waals surface area contributed by atoms with Crippen molar-refractivity contribution in [2.24, 2.45) is 5.73 Å². The number of imidazole rings is 1. The van der Waals surface area contributed by atoms with Crippen LogP contribution in [0.5, 0.6) is 0 Å². The number of rotatable bonds is 3. The first kappa shape index (κ1) is 12.6. The van der Waals surface area contributed by atoms with Gasteiger partial charge in [0.05, 0.1) is 5.56 Å². The first-order chi connectivity index (χ1) is 8.52. The van der Waals surface area contributed by atoms with Crippen LogP contribution in [0.3, 0.4) is 0 Å². The Hall–Kier alpha value is -1.89. The normalized spacial score (nSPS) is 11.8. The summed E-state index contributed by atoms with van der Waals surface area (Å²) in [6, 6.07) is 1.92. The highest BCUT2D eigenvalue weighted by Crippen LogP contribution is 2.29. The second kappa shape index (κ2) is 4.77. The number of aromatic nitrogens is 3. The fourth-order valence-electron chi connectivity index (χ4n) is 1.58. The second-order valence-corrected chi connectivity index (χ2v) is 3.65. The molecule has 2 rings (SSSR count). The van der Waals surface area contributed by atoms with Crippen molar-refractivity contribution >= 4 is 0 Å². The molecular formula is C11H11F3N4. The molecule has 2 N–H and O–H groups in total. The summed E-state index contributed by atoms with van der Waals surface area (Å²) in [6.45, 7) is 0.371. The summed E-state index contributed by atoms with van der Waals surface area (Å²) in [6.07, 6.45) is 0.294. The molecular weight excluding hydrogens is 245 g/mol. The Morgan fingerprint density at radius 3 is 2.67 bits per heavy atom. The van der Waals surface area contributed by atoms with Crippen LogP contribution in [-0.2, 0) is 12.6 Å². The average molecular weight is 256 g/mol. The van der Waals surface area contributed by atoms with E-state index >= 15 is 0 Å². The fraction of sp³-hybridized carbons (Fsp3) is 0.273. The molecule has 0 unspecified atom stereocenters. The maximum Gasteiger partial charge on any atom is 0.416 e. The summed E-state index contributed by atoms with van der Waals surface area (Å²) in [5, 5.41) is 0. The summed E-state index contributed by atoms with van der Waals surface area (Å²) >= 11 is 0. The van der Waals surface area contributed by atoms with Gasteiger partial charge in [-0.05, 0) is 18.7 Å². The van der Waals surface area contributed by atoms with Crippen LogP contribution in [0.2, 0.25) is 0 Å². The van der Waals surface area contributed by atoms with Crippen LogP contribution in [0.15, 0.2) is 30.7 Å². The summed E-state index contributed by atoms with van der Waals surface area (Å²) in [7, 11) is 0. The number of nitrogens with two attached hydrogens (primary N) is 1. The van der Waals surface area contributed by atoms with E-state index in [-0.39, 0.29) is 5.82 Å². The molecule has 96 valence electrons. The van der Waals surface area contributed by atoms with Crippen LogP contribution in [0.4, 0.5) is 13.2 Å². The topological polar surface area (TPSA) is 56.7 Å². The maximum atomic E-state index is 12.6. The van der Waals surface area contributed by atoms with E-state index in [4.69, 9.17) is 5.73 Å². The predicted octanol–water partition coefficient (Wildman–Crippen LogP) is 1.79. The molecule has 0 bridgehead atoms. The maximum absolute atomic E-state index is 12.6. The van der Waals surface area contributed by atoms with Gasteiger partial charge in [-0.3, -0.25) is 4.57 Å². The average Bonchev–Trinajstić information content (AvgIpc) is 2.77. The predicted molar refractivity (Wildman–Crippen MR) is 59.1 cm³/mol. The minimum atomic E-state index is -4.38. The quantitative estimate of drug-likeness (QED) is 0.910. The molecule has 0 saturated heterocycles. The van der Waals surface area contributed by atoms with Crippen molar-refractivity contribution in [3.8, 4) is 5.82 Å². The Balaban J connectivity index is 2.42. The smallest absolute Gasteiger partial charge is 0.330 e. The van der Waals surface area contributed by atoms with Crippen molar-refractivity contribution in [2.75, 3.05) is 6.54 Å². The van der Waals surface area contributed by atoms with Gasteiger partial charge in [-0.15, -0.1) is 0 Å². The zero-order valence-electron chi connectivity index (χ0n) is 9.35. The number of nitrogens with zero attached hydrogens (tertiary/aromatic N) is 3. The molecule has 0 aliphatic rings. The molecule has 0 spiro atoms. The number of hydrogen-bond acceptors (Lipinski definition) is 3. The van der Waals surface area contributed by atoms with Gasteiger partial charge in [0, 0.05) is 25.0 Å². The molecule has 0 aliphatic heterocycles.